The van der Waals surface area contributed by atoms with Crippen LogP contribution in [-0.2, 0) is 23.1 Å². The first-order valence-corrected chi connectivity index (χ1v) is 9.52. The van der Waals surface area contributed by atoms with Crippen LogP contribution in [-0.4, -0.2) is 88.2 Å². The molecule has 0 radical (unpaired) electrons. The van der Waals surface area contributed by atoms with Crippen molar-refractivity contribution in [3.63, 3.8) is 0 Å². The minimum Gasteiger partial charge on any atom is -0.379 e. The highest BCUT2D eigenvalue weighted by molar-refractivity contribution is 5.77. The second-order valence-corrected chi connectivity index (χ2v) is 7.43. The largest absolute Gasteiger partial charge is 0.379 e. The molecule has 4 rings (SSSR count). The van der Waals surface area contributed by atoms with Crippen molar-refractivity contribution < 1.29 is 9.53 Å². The first-order chi connectivity index (χ1) is 12.2. The van der Waals surface area contributed by atoms with Gasteiger partial charge in [-0.05, 0) is 12.8 Å². The first-order valence-electron chi connectivity index (χ1n) is 9.52. The van der Waals surface area contributed by atoms with Crippen molar-refractivity contribution in [1.29, 1.82) is 0 Å². The number of likely N-dealkylation sites (tertiary alicyclic amines) is 2. The first kappa shape index (κ1) is 17.0. The molecule has 1 aromatic rings. The van der Waals surface area contributed by atoms with E-state index in [0.29, 0.717) is 24.4 Å². The predicted octanol–water partition coefficient (Wildman–Crippen LogP) is 0.318. The van der Waals surface area contributed by atoms with Gasteiger partial charge in [0.2, 0.25) is 5.91 Å². The fraction of sp³-hybridized carbons (Fsp3) is 0.778. The van der Waals surface area contributed by atoms with E-state index in [9.17, 15) is 4.79 Å². The molecule has 0 aliphatic carbocycles. The summed E-state index contributed by atoms with van der Waals surface area (Å²) in [5, 5.41) is 0. The number of carbonyl (C=O) groups excluding carboxylic acids is 1. The molecule has 7 nitrogen and oxygen atoms in total. The number of carbonyl (C=O) groups is 1. The monoisotopic (exact) mass is 347 g/mol. The van der Waals surface area contributed by atoms with E-state index in [2.05, 4.69) is 31.3 Å². The lowest BCUT2D eigenvalue weighted by atomic mass is 9.96. The Hall–Kier alpha value is -1.44. The van der Waals surface area contributed by atoms with Gasteiger partial charge in [-0.3, -0.25) is 14.6 Å². The van der Waals surface area contributed by atoms with Crippen molar-refractivity contribution in [1.82, 2.24) is 24.3 Å². The SMILES string of the molecule is Cn1ccnc1CN1CC[C@@H]2[C@H]1CCC(=O)N2CCN1CCOCC1. The summed E-state index contributed by atoms with van der Waals surface area (Å²) in [5.74, 6) is 1.45. The number of rotatable bonds is 5. The Labute approximate surface area is 149 Å². The summed E-state index contributed by atoms with van der Waals surface area (Å²) >= 11 is 0. The third-order valence-corrected chi connectivity index (χ3v) is 6.03. The molecule has 2 atom stereocenters. The second kappa shape index (κ2) is 7.43. The summed E-state index contributed by atoms with van der Waals surface area (Å²) in [4.78, 5) is 24.1. The molecule has 4 heterocycles. The van der Waals surface area contributed by atoms with Crippen LogP contribution in [0.3, 0.4) is 0 Å². The molecular formula is C18H29N5O2. The second-order valence-electron chi connectivity index (χ2n) is 7.43. The zero-order valence-electron chi connectivity index (χ0n) is 15.1. The van der Waals surface area contributed by atoms with Crippen LogP contribution in [0.5, 0.6) is 0 Å². The Bertz CT molecular complexity index is 598. The summed E-state index contributed by atoms with van der Waals surface area (Å²) in [6.45, 7) is 7.38. The van der Waals surface area contributed by atoms with E-state index in [-0.39, 0.29) is 0 Å². The maximum absolute atomic E-state index is 12.5. The van der Waals surface area contributed by atoms with E-state index >= 15 is 0 Å². The fourth-order valence-corrected chi connectivity index (χ4v) is 4.53. The molecule has 0 spiro atoms. The van der Waals surface area contributed by atoms with Gasteiger partial charge in [0.05, 0.1) is 19.8 Å². The molecule has 0 aromatic carbocycles. The number of hydrogen-bond acceptors (Lipinski definition) is 5. The molecule has 3 aliphatic rings. The van der Waals surface area contributed by atoms with Gasteiger partial charge >= 0.3 is 0 Å². The smallest absolute Gasteiger partial charge is 0.222 e. The summed E-state index contributed by atoms with van der Waals surface area (Å²) in [7, 11) is 2.05. The van der Waals surface area contributed by atoms with Crippen molar-refractivity contribution in [2.45, 2.75) is 37.9 Å². The average molecular weight is 347 g/mol. The summed E-state index contributed by atoms with van der Waals surface area (Å²) in [6, 6.07) is 0.863. The van der Waals surface area contributed by atoms with Crippen molar-refractivity contribution in [2.75, 3.05) is 45.9 Å². The Morgan fingerprint density at radius 1 is 1.16 bits per heavy atom. The third-order valence-electron chi connectivity index (χ3n) is 6.03. The quantitative estimate of drug-likeness (QED) is 0.768. The van der Waals surface area contributed by atoms with Crippen LogP contribution in [0.15, 0.2) is 12.4 Å². The molecule has 0 unspecified atom stereocenters. The van der Waals surface area contributed by atoms with Crippen LogP contribution in [0, 0.1) is 0 Å². The topological polar surface area (TPSA) is 53.8 Å². The van der Waals surface area contributed by atoms with E-state index in [1.54, 1.807) is 0 Å². The minimum absolute atomic E-state index is 0.341. The molecule has 138 valence electrons. The van der Waals surface area contributed by atoms with E-state index in [4.69, 9.17) is 4.74 Å². The third kappa shape index (κ3) is 3.59. The van der Waals surface area contributed by atoms with Gasteiger partial charge in [0.15, 0.2) is 0 Å². The van der Waals surface area contributed by atoms with Crippen molar-refractivity contribution in [2.24, 2.45) is 7.05 Å². The Kier molecular flexibility index (Phi) is 5.05. The van der Waals surface area contributed by atoms with Gasteiger partial charge in [-0.2, -0.15) is 0 Å². The zero-order valence-corrected chi connectivity index (χ0v) is 15.1. The molecule has 3 saturated heterocycles. The number of ether oxygens (including phenoxy) is 1. The van der Waals surface area contributed by atoms with Gasteiger partial charge in [0, 0.05) is 70.7 Å². The molecule has 1 aromatic heterocycles. The number of aromatic nitrogens is 2. The van der Waals surface area contributed by atoms with Gasteiger partial charge < -0.3 is 14.2 Å². The van der Waals surface area contributed by atoms with E-state index in [0.717, 1.165) is 71.1 Å². The minimum atomic E-state index is 0.341. The van der Waals surface area contributed by atoms with Crippen LogP contribution in [0.1, 0.15) is 25.1 Å². The van der Waals surface area contributed by atoms with Crippen molar-refractivity contribution in [3.05, 3.63) is 18.2 Å². The molecule has 1 amide bonds. The van der Waals surface area contributed by atoms with Crippen molar-refractivity contribution in [3.8, 4) is 0 Å². The summed E-state index contributed by atoms with van der Waals surface area (Å²) < 4.78 is 7.51. The normalized spacial score (nSPS) is 28.5. The number of amides is 1. The number of imidazole rings is 1. The van der Waals surface area contributed by atoms with Crippen molar-refractivity contribution >= 4 is 5.91 Å². The number of fused-ring (bicyclic) bond motifs is 1. The van der Waals surface area contributed by atoms with Crippen LogP contribution in [0.4, 0.5) is 0 Å². The van der Waals surface area contributed by atoms with Crippen LogP contribution < -0.4 is 0 Å². The molecule has 25 heavy (non-hydrogen) atoms. The van der Waals surface area contributed by atoms with Gasteiger partial charge in [-0.1, -0.05) is 0 Å². The van der Waals surface area contributed by atoms with Crippen LogP contribution in [0.2, 0.25) is 0 Å². The molecule has 0 N–H and O–H groups in total. The van der Waals surface area contributed by atoms with Gasteiger partial charge in [0.25, 0.3) is 0 Å². The van der Waals surface area contributed by atoms with E-state index in [1.165, 1.54) is 0 Å². The molecule has 0 saturated carbocycles. The Morgan fingerprint density at radius 3 is 2.76 bits per heavy atom. The number of piperidine rings is 1. The summed E-state index contributed by atoms with van der Waals surface area (Å²) in [5.41, 5.74) is 0. The number of hydrogen-bond donors (Lipinski definition) is 0. The molecule has 3 aliphatic heterocycles. The van der Waals surface area contributed by atoms with Crippen LogP contribution >= 0.6 is 0 Å². The Balaban J connectivity index is 1.38. The average Bonchev–Trinajstić information content (AvgIpc) is 3.22. The Morgan fingerprint density at radius 2 is 2.00 bits per heavy atom. The molecule has 0 bridgehead atoms. The van der Waals surface area contributed by atoms with E-state index in [1.807, 2.05) is 12.4 Å². The number of aryl methyl sites for hydroxylation is 1. The highest BCUT2D eigenvalue weighted by Gasteiger charge is 2.43. The van der Waals surface area contributed by atoms with Crippen LogP contribution in [0.25, 0.3) is 0 Å². The zero-order chi connectivity index (χ0) is 17.2. The maximum Gasteiger partial charge on any atom is 0.222 e. The lowest BCUT2D eigenvalue weighted by Crippen LogP contribution is -2.54. The lowest BCUT2D eigenvalue weighted by molar-refractivity contribution is -0.138. The van der Waals surface area contributed by atoms with Gasteiger partial charge in [0.1, 0.15) is 5.82 Å². The highest BCUT2D eigenvalue weighted by atomic mass is 16.5. The molecule has 7 heteroatoms. The highest BCUT2D eigenvalue weighted by Crippen LogP contribution is 2.32. The standard InChI is InChI=1S/C18H29N5O2/c1-20-7-5-19-17(20)14-22-6-4-16-15(22)2-3-18(24)23(16)9-8-21-10-12-25-13-11-21/h5,7,15-16H,2-4,6,8-14H2,1H3/t15-,16-/m1/s1. The fourth-order valence-electron chi connectivity index (χ4n) is 4.53. The van der Waals surface area contributed by atoms with Gasteiger partial charge in [-0.15, -0.1) is 0 Å². The lowest BCUT2D eigenvalue weighted by Gasteiger charge is -2.41. The number of morpholine rings is 1. The molecular weight excluding hydrogens is 318 g/mol. The molecule has 3 fully saturated rings. The summed E-state index contributed by atoms with van der Waals surface area (Å²) in [6.07, 6.45) is 6.62. The van der Waals surface area contributed by atoms with E-state index < -0.39 is 0 Å². The number of nitrogens with zero attached hydrogens (tertiary/aromatic N) is 5. The van der Waals surface area contributed by atoms with Gasteiger partial charge in [-0.25, -0.2) is 4.98 Å². The predicted molar refractivity (Wildman–Crippen MR) is 94.0 cm³/mol. The maximum atomic E-state index is 12.5.